The molecule has 2 aliphatic rings. The molecule has 0 aliphatic carbocycles. The van der Waals surface area contributed by atoms with Crippen molar-refractivity contribution in [2.24, 2.45) is 0 Å². The molecule has 2 aromatic carbocycles. The van der Waals surface area contributed by atoms with Crippen LogP contribution in [0.5, 0.6) is 11.5 Å². The van der Waals surface area contributed by atoms with Crippen molar-refractivity contribution in [1.29, 1.82) is 0 Å². The van der Waals surface area contributed by atoms with Gasteiger partial charge in [-0.15, -0.1) is 6.58 Å². The van der Waals surface area contributed by atoms with Gasteiger partial charge in [0.05, 0.1) is 33.0 Å². The average Bonchev–Trinajstić information content (AvgIpc) is 3.29. The molecule has 6 heteroatoms. The third-order valence-corrected chi connectivity index (χ3v) is 6.25. The monoisotopic (exact) mass is 403 g/mol. The molecule has 0 saturated carbocycles. The van der Waals surface area contributed by atoms with Crippen molar-refractivity contribution >= 4 is 16.8 Å². The molecule has 1 fully saturated rings. The first-order valence-corrected chi connectivity index (χ1v) is 10.1. The van der Waals surface area contributed by atoms with Gasteiger partial charge >= 0.3 is 0 Å². The second kappa shape index (κ2) is 7.22. The average molecular weight is 403 g/mol. The normalized spacial score (nSPS) is 20.9. The summed E-state index contributed by atoms with van der Waals surface area (Å²) < 4.78 is 11.0. The standard InChI is InChI=1S/C24H25N3O3/c1-4-11-26-14-27-19(24(26)28)13-17-16-7-5-6-8-18(16)25-22(17)23(27)15-9-10-20(29-2)21(12-15)30-3/h4-10,12,19,23,25H,1,11,13-14H2,2-3H3/t19-,23+/m0/s1. The van der Waals surface area contributed by atoms with Gasteiger partial charge in [0.1, 0.15) is 0 Å². The minimum absolute atomic E-state index is 0.0790. The molecule has 30 heavy (non-hydrogen) atoms. The quantitative estimate of drug-likeness (QED) is 0.663. The van der Waals surface area contributed by atoms with Crippen LogP contribution in [0.3, 0.4) is 0 Å². The molecule has 154 valence electrons. The number of hydrogen-bond donors (Lipinski definition) is 1. The number of hydrogen-bond acceptors (Lipinski definition) is 4. The zero-order valence-electron chi connectivity index (χ0n) is 17.2. The van der Waals surface area contributed by atoms with Crippen LogP contribution in [-0.2, 0) is 11.2 Å². The summed E-state index contributed by atoms with van der Waals surface area (Å²) in [7, 11) is 3.28. The number of benzene rings is 2. The zero-order valence-corrected chi connectivity index (χ0v) is 17.2. The molecule has 3 aromatic rings. The number of H-pyrrole nitrogens is 1. The fraction of sp³-hybridized carbons (Fsp3) is 0.292. The van der Waals surface area contributed by atoms with Crippen molar-refractivity contribution in [3.8, 4) is 11.5 Å². The van der Waals surface area contributed by atoms with Crippen LogP contribution in [0.25, 0.3) is 10.9 Å². The largest absolute Gasteiger partial charge is 0.493 e. The van der Waals surface area contributed by atoms with E-state index in [0.717, 1.165) is 16.8 Å². The van der Waals surface area contributed by atoms with Crippen molar-refractivity contribution in [3.63, 3.8) is 0 Å². The number of methoxy groups -OCH3 is 2. The summed E-state index contributed by atoms with van der Waals surface area (Å²) in [4.78, 5) is 21.0. The number of nitrogens with one attached hydrogen (secondary N) is 1. The minimum Gasteiger partial charge on any atom is -0.493 e. The molecule has 0 spiro atoms. The first-order chi connectivity index (χ1) is 14.7. The molecule has 3 heterocycles. The number of aromatic amines is 1. The predicted molar refractivity (Wildman–Crippen MR) is 116 cm³/mol. The highest BCUT2D eigenvalue weighted by atomic mass is 16.5. The van der Waals surface area contributed by atoms with E-state index in [1.54, 1.807) is 20.3 Å². The third kappa shape index (κ3) is 2.71. The van der Waals surface area contributed by atoms with Gasteiger partial charge < -0.3 is 19.4 Å². The summed E-state index contributed by atoms with van der Waals surface area (Å²) in [5.74, 6) is 1.54. The molecule has 2 atom stereocenters. The van der Waals surface area contributed by atoms with Crippen LogP contribution in [0.2, 0.25) is 0 Å². The van der Waals surface area contributed by atoms with Crippen molar-refractivity contribution in [2.75, 3.05) is 27.4 Å². The van der Waals surface area contributed by atoms with E-state index in [2.05, 4.69) is 40.7 Å². The van der Waals surface area contributed by atoms with Gasteiger partial charge in [-0.1, -0.05) is 30.3 Å². The van der Waals surface area contributed by atoms with E-state index in [1.165, 1.54) is 10.9 Å². The number of fused-ring (bicyclic) bond motifs is 4. The van der Waals surface area contributed by atoms with Gasteiger partial charge in [0.25, 0.3) is 0 Å². The van der Waals surface area contributed by atoms with Crippen molar-refractivity contribution in [2.45, 2.75) is 18.5 Å². The topological polar surface area (TPSA) is 57.8 Å². The Kier molecular flexibility index (Phi) is 4.51. The lowest BCUT2D eigenvalue weighted by molar-refractivity contribution is -0.129. The van der Waals surface area contributed by atoms with E-state index in [4.69, 9.17) is 9.47 Å². The maximum atomic E-state index is 13.2. The smallest absolute Gasteiger partial charge is 0.241 e. The molecule has 0 radical (unpaired) electrons. The van der Waals surface area contributed by atoms with Crippen LogP contribution < -0.4 is 9.47 Å². The lowest BCUT2D eigenvalue weighted by Crippen LogP contribution is -2.42. The number of para-hydroxylation sites is 1. The summed E-state index contributed by atoms with van der Waals surface area (Å²) in [5, 5.41) is 1.19. The van der Waals surface area contributed by atoms with Crippen LogP contribution in [0.4, 0.5) is 0 Å². The molecular formula is C24H25N3O3. The second-order valence-electron chi connectivity index (χ2n) is 7.80. The van der Waals surface area contributed by atoms with Crippen LogP contribution in [-0.4, -0.2) is 54.2 Å². The van der Waals surface area contributed by atoms with E-state index < -0.39 is 0 Å². The number of aromatic nitrogens is 1. The van der Waals surface area contributed by atoms with E-state index in [1.807, 2.05) is 23.1 Å². The number of carbonyl (C=O) groups excluding carboxylic acids is 1. The second-order valence-corrected chi connectivity index (χ2v) is 7.80. The maximum Gasteiger partial charge on any atom is 0.241 e. The Balaban J connectivity index is 1.69. The molecule has 0 bridgehead atoms. The van der Waals surface area contributed by atoms with E-state index in [9.17, 15) is 4.79 Å². The Bertz CT molecular complexity index is 1140. The molecule has 0 unspecified atom stereocenters. The number of nitrogens with zero attached hydrogens (tertiary/aromatic N) is 2. The first kappa shape index (κ1) is 18.8. The van der Waals surface area contributed by atoms with Gasteiger partial charge in [0.2, 0.25) is 5.91 Å². The van der Waals surface area contributed by atoms with E-state index in [0.29, 0.717) is 31.1 Å². The van der Waals surface area contributed by atoms with Gasteiger partial charge in [0.15, 0.2) is 11.5 Å². The number of carbonyl (C=O) groups is 1. The highest BCUT2D eigenvalue weighted by molar-refractivity contribution is 5.89. The summed E-state index contributed by atoms with van der Waals surface area (Å²) in [6.45, 7) is 4.94. The minimum atomic E-state index is -0.185. The molecule has 1 amide bonds. The lowest BCUT2D eigenvalue weighted by atomic mass is 9.89. The van der Waals surface area contributed by atoms with Crippen LogP contribution in [0.1, 0.15) is 22.9 Å². The fourth-order valence-electron chi connectivity index (χ4n) is 4.90. The van der Waals surface area contributed by atoms with Gasteiger partial charge in [-0.3, -0.25) is 9.69 Å². The van der Waals surface area contributed by atoms with Crippen molar-refractivity contribution in [1.82, 2.24) is 14.8 Å². The fourth-order valence-corrected chi connectivity index (χ4v) is 4.90. The first-order valence-electron chi connectivity index (χ1n) is 10.1. The number of ether oxygens (including phenoxy) is 2. The van der Waals surface area contributed by atoms with Gasteiger partial charge in [0, 0.05) is 23.1 Å². The van der Waals surface area contributed by atoms with E-state index in [-0.39, 0.29) is 18.0 Å². The third-order valence-electron chi connectivity index (χ3n) is 6.25. The summed E-state index contributed by atoms with van der Waals surface area (Å²) in [5.41, 5.74) is 4.54. The summed E-state index contributed by atoms with van der Waals surface area (Å²) >= 11 is 0. The Labute approximate surface area is 175 Å². The molecular weight excluding hydrogens is 378 g/mol. The van der Waals surface area contributed by atoms with Crippen LogP contribution in [0, 0.1) is 0 Å². The van der Waals surface area contributed by atoms with Gasteiger partial charge in [-0.25, -0.2) is 0 Å². The Morgan fingerprint density at radius 2 is 1.97 bits per heavy atom. The molecule has 5 rings (SSSR count). The highest BCUT2D eigenvalue weighted by Crippen LogP contribution is 2.44. The Morgan fingerprint density at radius 1 is 1.17 bits per heavy atom. The maximum absolute atomic E-state index is 13.2. The highest BCUT2D eigenvalue weighted by Gasteiger charge is 2.47. The number of amides is 1. The van der Waals surface area contributed by atoms with Crippen LogP contribution >= 0.6 is 0 Å². The van der Waals surface area contributed by atoms with Crippen molar-refractivity contribution in [3.05, 3.63) is 71.9 Å². The summed E-state index contributed by atoms with van der Waals surface area (Å²) in [6, 6.07) is 14.1. The Morgan fingerprint density at radius 3 is 2.73 bits per heavy atom. The zero-order chi connectivity index (χ0) is 20.8. The van der Waals surface area contributed by atoms with Crippen LogP contribution in [0.15, 0.2) is 55.1 Å². The summed E-state index contributed by atoms with van der Waals surface area (Å²) in [6.07, 6.45) is 2.49. The molecule has 6 nitrogen and oxygen atoms in total. The number of rotatable bonds is 5. The molecule has 1 saturated heterocycles. The lowest BCUT2D eigenvalue weighted by Gasteiger charge is -2.36. The molecule has 2 aliphatic heterocycles. The van der Waals surface area contributed by atoms with Crippen molar-refractivity contribution < 1.29 is 14.3 Å². The van der Waals surface area contributed by atoms with Gasteiger partial charge in [-0.2, -0.15) is 0 Å². The predicted octanol–water partition coefficient (Wildman–Crippen LogP) is 3.49. The Hall–Kier alpha value is -3.25. The molecule has 1 aromatic heterocycles. The SMILES string of the molecule is C=CCN1CN2[C@H](c3ccc(OC)c(OC)c3)c3[nH]c4ccccc4c3C[C@H]2C1=O. The van der Waals surface area contributed by atoms with Gasteiger partial charge in [-0.05, 0) is 35.7 Å². The van der Waals surface area contributed by atoms with E-state index >= 15 is 0 Å². The molecule has 1 N–H and O–H groups in total.